The zero-order chi connectivity index (χ0) is 15.9. The van der Waals surface area contributed by atoms with Crippen molar-refractivity contribution in [1.82, 2.24) is 0 Å². The van der Waals surface area contributed by atoms with Crippen molar-refractivity contribution in [3.05, 3.63) is 18.2 Å². The van der Waals surface area contributed by atoms with Crippen LogP contribution in [0, 0.1) is 5.92 Å². The molecule has 0 saturated carbocycles. The summed E-state index contributed by atoms with van der Waals surface area (Å²) in [6.45, 7) is 3.76. The van der Waals surface area contributed by atoms with Gasteiger partial charge in [0.2, 0.25) is 5.91 Å². The molecule has 1 aromatic rings. The van der Waals surface area contributed by atoms with E-state index in [0.717, 1.165) is 12.8 Å². The molecule has 1 fully saturated rings. The Morgan fingerprint density at radius 1 is 1.39 bits per heavy atom. The van der Waals surface area contributed by atoms with Gasteiger partial charge in [-0.2, -0.15) is 0 Å². The third-order valence-electron chi connectivity index (χ3n) is 3.81. The molecule has 130 valence electrons. The van der Waals surface area contributed by atoms with Gasteiger partial charge in [0.05, 0.1) is 19.8 Å². The smallest absolute Gasteiger partial charge is 0.241 e. The standard InChI is InChI=1S/C16H24N2O4.ClH/c1-3-22-14-10-12(4-5-13(14)20-2)18-16(19)15(17)11-6-8-21-9-7-11;/h4-5,10-11,15H,3,6-9,17H2,1-2H3,(H,18,19);1H. The quantitative estimate of drug-likeness (QED) is 0.826. The summed E-state index contributed by atoms with van der Waals surface area (Å²) in [5, 5.41) is 2.85. The Hall–Kier alpha value is -1.50. The molecule has 1 heterocycles. The zero-order valence-corrected chi connectivity index (χ0v) is 14.4. The minimum Gasteiger partial charge on any atom is -0.493 e. The monoisotopic (exact) mass is 344 g/mol. The van der Waals surface area contributed by atoms with Crippen LogP contribution in [-0.4, -0.2) is 38.9 Å². The van der Waals surface area contributed by atoms with E-state index in [1.165, 1.54) is 0 Å². The first kappa shape index (κ1) is 19.5. The Balaban J connectivity index is 0.00000264. The molecule has 2 rings (SSSR count). The van der Waals surface area contributed by atoms with E-state index < -0.39 is 6.04 Å². The van der Waals surface area contributed by atoms with Crippen LogP contribution in [0.2, 0.25) is 0 Å². The number of hydrogen-bond acceptors (Lipinski definition) is 5. The number of anilines is 1. The van der Waals surface area contributed by atoms with Gasteiger partial charge in [-0.3, -0.25) is 4.79 Å². The number of hydrogen-bond donors (Lipinski definition) is 2. The fourth-order valence-electron chi connectivity index (χ4n) is 2.54. The van der Waals surface area contributed by atoms with E-state index in [0.29, 0.717) is 37.0 Å². The molecule has 0 aromatic heterocycles. The Bertz CT molecular complexity index is 507. The normalized spacial score (nSPS) is 16.1. The molecule has 23 heavy (non-hydrogen) atoms. The third-order valence-corrected chi connectivity index (χ3v) is 3.81. The van der Waals surface area contributed by atoms with Gasteiger partial charge in [0.25, 0.3) is 0 Å². The first-order valence-corrected chi connectivity index (χ1v) is 7.60. The highest BCUT2D eigenvalue weighted by Crippen LogP contribution is 2.30. The maximum Gasteiger partial charge on any atom is 0.241 e. The number of amides is 1. The van der Waals surface area contributed by atoms with Crippen LogP contribution in [0.4, 0.5) is 5.69 Å². The van der Waals surface area contributed by atoms with Gasteiger partial charge in [-0.05, 0) is 37.8 Å². The van der Waals surface area contributed by atoms with E-state index in [1.807, 2.05) is 6.92 Å². The first-order valence-electron chi connectivity index (χ1n) is 7.60. The van der Waals surface area contributed by atoms with Crippen LogP contribution in [-0.2, 0) is 9.53 Å². The van der Waals surface area contributed by atoms with Crippen molar-refractivity contribution in [3.63, 3.8) is 0 Å². The summed E-state index contributed by atoms with van der Waals surface area (Å²) in [5.41, 5.74) is 6.72. The lowest BCUT2D eigenvalue weighted by atomic mass is 9.92. The lowest BCUT2D eigenvalue weighted by Crippen LogP contribution is -2.44. The van der Waals surface area contributed by atoms with Crippen LogP contribution in [0.1, 0.15) is 19.8 Å². The van der Waals surface area contributed by atoms with Crippen molar-refractivity contribution < 1.29 is 19.0 Å². The lowest BCUT2D eigenvalue weighted by molar-refractivity contribution is -0.119. The van der Waals surface area contributed by atoms with Crippen molar-refractivity contribution in [2.75, 3.05) is 32.2 Å². The van der Waals surface area contributed by atoms with E-state index in [4.69, 9.17) is 19.9 Å². The molecule has 1 aliphatic heterocycles. The van der Waals surface area contributed by atoms with Crippen LogP contribution in [0.3, 0.4) is 0 Å². The number of carbonyl (C=O) groups is 1. The van der Waals surface area contributed by atoms with E-state index in [2.05, 4.69) is 5.32 Å². The topological polar surface area (TPSA) is 82.8 Å². The van der Waals surface area contributed by atoms with Gasteiger partial charge in [0, 0.05) is 25.0 Å². The Morgan fingerprint density at radius 2 is 2.09 bits per heavy atom. The second kappa shape index (κ2) is 9.60. The number of nitrogens with two attached hydrogens (primary N) is 1. The number of benzene rings is 1. The van der Waals surface area contributed by atoms with E-state index in [1.54, 1.807) is 25.3 Å². The number of halogens is 1. The highest BCUT2D eigenvalue weighted by molar-refractivity contribution is 5.95. The summed E-state index contributed by atoms with van der Waals surface area (Å²) >= 11 is 0. The highest BCUT2D eigenvalue weighted by Gasteiger charge is 2.26. The summed E-state index contributed by atoms with van der Waals surface area (Å²) in [6, 6.07) is 4.76. The molecule has 1 aromatic carbocycles. The molecular weight excluding hydrogens is 320 g/mol. The fraction of sp³-hybridized carbons (Fsp3) is 0.562. The molecule has 6 nitrogen and oxygen atoms in total. The van der Waals surface area contributed by atoms with Crippen LogP contribution < -0.4 is 20.5 Å². The minimum atomic E-state index is -0.526. The third kappa shape index (κ3) is 5.27. The van der Waals surface area contributed by atoms with Crippen LogP contribution >= 0.6 is 12.4 Å². The maximum atomic E-state index is 12.3. The summed E-state index contributed by atoms with van der Waals surface area (Å²) in [7, 11) is 1.58. The summed E-state index contributed by atoms with van der Waals surface area (Å²) in [5.74, 6) is 1.22. The molecule has 3 N–H and O–H groups in total. The average Bonchev–Trinajstić information content (AvgIpc) is 2.55. The molecule has 7 heteroatoms. The highest BCUT2D eigenvalue weighted by atomic mass is 35.5. The lowest BCUT2D eigenvalue weighted by Gasteiger charge is -2.26. The molecule has 1 aliphatic rings. The molecular formula is C16H25ClN2O4. The molecule has 0 bridgehead atoms. The van der Waals surface area contributed by atoms with Crippen molar-refractivity contribution in [2.45, 2.75) is 25.8 Å². The fourth-order valence-corrected chi connectivity index (χ4v) is 2.54. The zero-order valence-electron chi connectivity index (χ0n) is 13.5. The van der Waals surface area contributed by atoms with Crippen LogP contribution in [0.5, 0.6) is 11.5 Å². The second-order valence-corrected chi connectivity index (χ2v) is 5.26. The molecule has 0 spiro atoms. The summed E-state index contributed by atoms with van der Waals surface area (Å²) in [6.07, 6.45) is 1.64. The maximum absolute atomic E-state index is 12.3. The summed E-state index contributed by atoms with van der Waals surface area (Å²) in [4.78, 5) is 12.3. The predicted octanol–water partition coefficient (Wildman–Crippen LogP) is 2.21. The molecule has 1 unspecified atom stereocenters. The number of nitrogens with one attached hydrogen (secondary N) is 1. The van der Waals surface area contributed by atoms with E-state index >= 15 is 0 Å². The van der Waals surface area contributed by atoms with Crippen LogP contribution in [0.15, 0.2) is 18.2 Å². The van der Waals surface area contributed by atoms with Crippen LogP contribution in [0.25, 0.3) is 0 Å². The van der Waals surface area contributed by atoms with Gasteiger partial charge >= 0.3 is 0 Å². The second-order valence-electron chi connectivity index (χ2n) is 5.26. The first-order chi connectivity index (χ1) is 10.7. The van der Waals surface area contributed by atoms with E-state index in [-0.39, 0.29) is 24.2 Å². The SMILES string of the molecule is CCOc1cc(NC(=O)C(N)C2CCOCC2)ccc1OC.Cl. The molecule has 0 radical (unpaired) electrons. The molecule has 0 aliphatic carbocycles. The number of ether oxygens (including phenoxy) is 3. The van der Waals surface area contributed by atoms with Gasteiger partial charge < -0.3 is 25.3 Å². The van der Waals surface area contributed by atoms with E-state index in [9.17, 15) is 4.79 Å². The Kier molecular flexibility index (Phi) is 8.16. The molecule has 1 amide bonds. The number of methoxy groups -OCH3 is 1. The van der Waals surface area contributed by atoms with Gasteiger partial charge in [-0.1, -0.05) is 0 Å². The van der Waals surface area contributed by atoms with Crippen molar-refractivity contribution in [3.8, 4) is 11.5 Å². The molecule has 1 saturated heterocycles. The van der Waals surface area contributed by atoms with Crippen molar-refractivity contribution in [2.24, 2.45) is 11.7 Å². The molecule has 1 atom stereocenters. The Morgan fingerprint density at radius 3 is 2.70 bits per heavy atom. The predicted molar refractivity (Wildman–Crippen MR) is 91.6 cm³/mol. The number of carbonyl (C=O) groups excluding carboxylic acids is 1. The van der Waals surface area contributed by atoms with Gasteiger partial charge in [0.1, 0.15) is 0 Å². The summed E-state index contributed by atoms with van der Waals surface area (Å²) < 4.78 is 16.0. The minimum absolute atomic E-state index is 0. The average molecular weight is 345 g/mol. The largest absolute Gasteiger partial charge is 0.493 e. The number of rotatable bonds is 6. The van der Waals surface area contributed by atoms with Crippen molar-refractivity contribution >= 4 is 24.0 Å². The van der Waals surface area contributed by atoms with Crippen molar-refractivity contribution in [1.29, 1.82) is 0 Å². The Labute approximate surface area is 143 Å². The van der Waals surface area contributed by atoms with Gasteiger partial charge in [-0.25, -0.2) is 0 Å². The van der Waals surface area contributed by atoms with Gasteiger partial charge in [-0.15, -0.1) is 12.4 Å². The van der Waals surface area contributed by atoms with Gasteiger partial charge in [0.15, 0.2) is 11.5 Å².